The highest BCUT2D eigenvalue weighted by Gasteiger charge is 2.28. The summed E-state index contributed by atoms with van der Waals surface area (Å²) in [5.74, 6) is -2.65. The lowest BCUT2D eigenvalue weighted by atomic mass is 10.1. The predicted octanol–water partition coefficient (Wildman–Crippen LogP) is 4.15. The van der Waals surface area contributed by atoms with Crippen molar-refractivity contribution in [2.45, 2.75) is 29.4 Å². The van der Waals surface area contributed by atoms with Crippen LogP contribution in [0.1, 0.15) is 0 Å². The Hall–Kier alpha value is -8.36. The minimum Gasteiger partial charge on any atom is -0.324 e. The van der Waals surface area contributed by atoms with Crippen molar-refractivity contribution in [2.75, 3.05) is 34.2 Å². The summed E-state index contributed by atoms with van der Waals surface area (Å²) in [5.41, 5.74) is -0.665. The van der Waals surface area contributed by atoms with E-state index >= 15 is 0 Å². The molecule has 88 heavy (non-hydrogen) atoms. The van der Waals surface area contributed by atoms with Gasteiger partial charge in [0.2, 0.25) is 0 Å². The van der Waals surface area contributed by atoms with Crippen molar-refractivity contribution in [3.63, 3.8) is 0 Å². The molecule has 0 radical (unpaired) electrons. The zero-order valence-electron chi connectivity index (χ0n) is 43.5. The first kappa shape index (κ1) is 61.3. The van der Waals surface area contributed by atoms with E-state index in [1.807, 2.05) is 0 Å². The Kier molecular flexibility index (Phi) is 15.1. The highest BCUT2D eigenvalue weighted by atomic mass is 32.3. The van der Waals surface area contributed by atoms with E-state index in [1.54, 1.807) is 0 Å². The average Bonchev–Trinajstić information content (AvgIpc) is 2.34. The van der Waals surface area contributed by atoms with Crippen molar-refractivity contribution in [1.82, 2.24) is 39.9 Å². The van der Waals surface area contributed by atoms with E-state index in [2.05, 4.69) is 42.7 Å². The van der Waals surface area contributed by atoms with Crippen LogP contribution in [0.2, 0.25) is 0 Å². The van der Waals surface area contributed by atoms with Gasteiger partial charge in [0.1, 0.15) is 22.6 Å². The summed E-state index contributed by atoms with van der Waals surface area (Å²) in [4.78, 5) is 31.5. The number of H-pyrrole nitrogens is 2. The Labute approximate surface area is 497 Å². The molecule has 9 aromatic rings. The van der Waals surface area contributed by atoms with Gasteiger partial charge in [0, 0.05) is 55.2 Å². The summed E-state index contributed by atoms with van der Waals surface area (Å²) >= 11 is 0. The number of hydrogen-bond donors (Lipinski definition) is 8. The van der Waals surface area contributed by atoms with Crippen molar-refractivity contribution >= 4 is 136 Å². The fraction of sp³-hybridized carbons (Fsp3) is 0.0833. The molecule has 0 saturated heterocycles. The minimum absolute atomic E-state index is 0.00713. The monoisotopic (exact) mass is 1360 g/mol. The van der Waals surface area contributed by atoms with Crippen LogP contribution in [0.4, 0.5) is 11.4 Å². The third-order valence-electron chi connectivity index (χ3n) is 13.0. The molecule has 8 bridgehead atoms. The topological polar surface area (TPSA) is 505 Å². The zero-order chi connectivity index (χ0) is 63.3. The lowest BCUT2D eigenvalue weighted by molar-refractivity contribution is 0.282. The van der Waals surface area contributed by atoms with Crippen molar-refractivity contribution in [3.8, 4) is 45.6 Å². The van der Waals surface area contributed by atoms with E-state index in [0.717, 1.165) is 91.0 Å². The van der Waals surface area contributed by atoms with Crippen LogP contribution in [-0.4, -0.2) is 150 Å². The molecule has 3 aromatic heterocycles. The van der Waals surface area contributed by atoms with Crippen molar-refractivity contribution < 1.29 is 93.9 Å². The average molecular weight is 1360 g/mol. The quantitative estimate of drug-likeness (QED) is 0.0559. The molecule has 2 aliphatic heterocycles. The van der Waals surface area contributed by atoms with Gasteiger partial charge in [-0.25, -0.2) is 71.9 Å². The second-order valence-corrected chi connectivity index (χ2v) is 31.4. The van der Waals surface area contributed by atoms with Crippen molar-refractivity contribution in [1.29, 1.82) is 0 Å². The van der Waals surface area contributed by atoms with Gasteiger partial charge in [0.25, 0.3) is 40.3 Å². The maximum absolute atomic E-state index is 14.2. The molecule has 32 nitrogen and oxygen atoms in total. The Bertz CT molecular complexity index is 5640. The third-order valence-corrected chi connectivity index (χ3v) is 21.8. The van der Waals surface area contributed by atoms with Crippen LogP contribution in [-0.2, 0) is 89.1 Å². The van der Waals surface area contributed by atoms with E-state index in [-0.39, 0.29) is 111 Å². The van der Waals surface area contributed by atoms with Crippen LogP contribution in [0.3, 0.4) is 0 Å². The van der Waals surface area contributed by atoms with Gasteiger partial charge in [-0.2, -0.15) is 33.7 Å². The van der Waals surface area contributed by atoms with Gasteiger partial charge in [0.05, 0.1) is 54.1 Å². The molecule has 8 N–H and O–H groups in total. The smallest absolute Gasteiger partial charge is 0.324 e. The van der Waals surface area contributed by atoms with E-state index < -0.39 is 125 Å². The summed E-state index contributed by atoms with van der Waals surface area (Å²) in [5, 5.41) is 0.279. The van der Waals surface area contributed by atoms with Gasteiger partial charge >= 0.3 is 20.8 Å². The first-order valence-corrected chi connectivity index (χ1v) is 36.2. The Morgan fingerprint density at radius 1 is 0.341 bits per heavy atom. The first-order valence-electron chi connectivity index (χ1n) is 24.3. The fourth-order valence-corrected chi connectivity index (χ4v) is 15.1. The number of sulfone groups is 2. The van der Waals surface area contributed by atoms with Gasteiger partial charge in [0.15, 0.2) is 43.0 Å². The maximum Gasteiger partial charge on any atom is 0.397 e. The fourth-order valence-electron chi connectivity index (χ4n) is 8.99. The third kappa shape index (κ3) is 12.7. The normalized spacial score (nSPS) is 13.3. The first-order chi connectivity index (χ1) is 41.0. The second kappa shape index (κ2) is 21.7. The van der Waals surface area contributed by atoms with Crippen LogP contribution in [0, 0.1) is 0 Å². The van der Waals surface area contributed by atoms with Crippen molar-refractivity contribution in [2.24, 2.45) is 0 Å². The number of benzene rings is 6. The number of aromatic amines is 2. The van der Waals surface area contributed by atoms with Gasteiger partial charge in [-0.05, 0) is 121 Å². The molecule has 458 valence electrons. The van der Waals surface area contributed by atoms with Crippen LogP contribution in [0.5, 0.6) is 0 Å². The molecule has 0 amide bonds. The highest BCUT2D eigenvalue weighted by molar-refractivity contribution is 7.93. The molecule has 40 heteroatoms. The molecule has 0 spiro atoms. The summed E-state index contributed by atoms with van der Waals surface area (Å²) < 4.78 is 253. The number of anilines is 2. The number of rotatable bonds is 18. The summed E-state index contributed by atoms with van der Waals surface area (Å²) in [6.07, 6.45) is 0. The molecular formula is C48H36N10O22S8. The number of fused-ring (bicyclic) bond motifs is 20. The molecule has 5 heterocycles. The van der Waals surface area contributed by atoms with Gasteiger partial charge < -0.3 is 9.97 Å². The molecule has 0 unspecified atom stereocenters. The van der Waals surface area contributed by atoms with Gasteiger partial charge in [-0.1, -0.05) is 0 Å². The minimum atomic E-state index is -4.95. The van der Waals surface area contributed by atoms with E-state index in [0.29, 0.717) is 0 Å². The molecule has 11 rings (SSSR count). The standard InChI is InChI=1S/C48H36N10O22S8/c59-81(60,19-17-79-87(73,74)75)27-5-1-25(2-6-27)57-83(63,64)29-9-13-33-37(21-29)46-50-41(33)49-45-38-22-30(84(65,66)58-26-3-7-28(8-4-26)82(61,62)20-18-80-88(76,77)78)10-14-34(38)42(51-45)53-47-40-24-32(86(70,71)72)12-16-36(40)44(55-47)56-48-39-23-31(85(67,68)69)11-15-35(39)43(52-46)54-48/h1-16,21-24,57-58H,17-20H2,(H,67,68,69)(H,70,71,72)(H,73,74,75)(H,76,77,78)(H2,49,50,51,52,53,54,55,56). The van der Waals surface area contributed by atoms with Crippen molar-refractivity contribution in [3.05, 3.63) is 121 Å². The summed E-state index contributed by atoms with van der Waals surface area (Å²) in [6.45, 7) is -1.85. The lowest BCUT2D eigenvalue weighted by Crippen LogP contribution is -2.16. The van der Waals surface area contributed by atoms with Crippen LogP contribution < -0.4 is 9.44 Å². The largest absolute Gasteiger partial charge is 0.397 e. The molecule has 0 aliphatic carbocycles. The highest BCUT2D eigenvalue weighted by Crippen LogP contribution is 2.40. The zero-order valence-corrected chi connectivity index (χ0v) is 50.0. The predicted molar refractivity (Wildman–Crippen MR) is 309 cm³/mol. The van der Waals surface area contributed by atoms with Gasteiger partial charge in [-0.15, -0.1) is 0 Å². The molecule has 2 aliphatic rings. The van der Waals surface area contributed by atoms with Crippen LogP contribution >= 0.6 is 0 Å². The van der Waals surface area contributed by atoms with E-state index in [9.17, 15) is 76.4 Å². The number of nitrogens with one attached hydrogen (secondary N) is 4. The molecule has 0 saturated carbocycles. The second-order valence-electron chi connectivity index (χ2n) is 18.8. The summed E-state index contributed by atoms with van der Waals surface area (Å²) in [6, 6.07) is 22.5. The number of nitrogens with zero attached hydrogens (tertiary/aromatic N) is 6. The number of hydrogen-bond acceptors (Lipinski definition) is 24. The molecule has 0 atom stereocenters. The maximum atomic E-state index is 14.2. The van der Waals surface area contributed by atoms with Crippen LogP contribution in [0.25, 0.3) is 89.7 Å². The SMILES string of the molecule is O=S(=O)(O)OCCS(=O)(=O)c1ccc(NS(=O)(=O)c2ccc3c(c2)-c2nc-3nc3[nH]c(nc4nc(nc5[nH]c(n2)c2ccc(S(=O)(=O)Nc6ccc(S(=O)(=O)CCOS(=O)(=O)O)cc6)cc52)-c2ccc(S(=O)(=O)O)cc2-4)c2ccc(S(=O)(=O)O)cc32)cc1. The Balaban J connectivity index is 1.08. The lowest BCUT2D eigenvalue weighted by Gasteiger charge is -2.10. The number of aromatic nitrogens is 8. The Morgan fingerprint density at radius 2 is 0.648 bits per heavy atom. The van der Waals surface area contributed by atoms with E-state index in [4.69, 9.17) is 24.1 Å². The molecule has 6 aromatic carbocycles. The molecule has 0 fully saturated rings. The molecular weight excluding hydrogens is 1330 g/mol. The van der Waals surface area contributed by atoms with E-state index in [1.165, 1.54) is 30.3 Å². The Morgan fingerprint density at radius 3 is 1.05 bits per heavy atom. The summed E-state index contributed by atoms with van der Waals surface area (Å²) in [7, 11) is -37.3. The number of sulfonamides is 2. The van der Waals surface area contributed by atoms with Crippen LogP contribution in [0.15, 0.2) is 151 Å². The van der Waals surface area contributed by atoms with Gasteiger partial charge in [-0.3, -0.25) is 27.7 Å².